The molecule has 0 fully saturated rings. The zero-order chi connectivity index (χ0) is 14.6. The van der Waals surface area contributed by atoms with Crippen molar-refractivity contribution in [3.63, 3.8) is 0 Å². The average molecular weight is 270 g/mol. The molecule has 0 amide bonds. The van der Waals surface area contributed by atoms with Crippen molar-refractivity contribution in [2.75, 3.05) is 20.6 Å². The van der Waals surface area contributed by atoms with Gasteiger partial charge in [-0.25, -0.2) is 8.78 Å². The van der Waals surface area contributed by atoms with Crippen LogP contribution < -0.4 is 5.32 Å². The number of nitrogens with zero attached hydrogens (tertiary/aromatic N) is 1. The Morgan fingerprint density at radius 1 is 1.26 bits per heavy atom. The van der Waals surface area contributed by atoms with Crippen LogP contribution >= 0.6 is 0 Å². The van der Waals surface area contributed by atoms with Gasteiger partial charge in [-0.3, -0.25) is 0 Å². The smallest absolute Gasteiger partial charge is 0.128 e. The predicted molar refractivity (Wildman–Crippen MR) is 75.2 cm³/mol. The molecule has 2 nitrogen and oxygen atoms in total. The Kier molecular flexibility index (Phi) is 5.44. The van der Waals surface area contributed by atoms with Crippen LogP contribution in [0.4, 0.5) is 8.78 Å². The summed E-state index contributed by atoms with van der Waals surface area (Å²) >= 11 is 0. The molecule has 0 radical (unpaired) electrons. The summed E-state index contributed by atoms with van der Waals surface area (Å²) in [5.41, 5.74) is 0.0521. The van der Waals surface area contributed by atoms with Gasteiger partial charge in [0.2, 0.25) is 0 Å². The lowest BCUT2D eigenvalue weighted by atomic mass is 9.87. The Bertz CT molecular complexity index is 417. The Hall–Kier alpha value is -1.00. The summed E-state index contributed by atoms with van der Waals surface area (Å²) in [5, 5.41) is 3.33. The maximum absolute atomic E-state index is 14.0. The third-order valence-corrected chi connectivity index (χ3v) is 3.73. The molecular formula is C15H24F2N2. The van der Waals surface area contributed by atoms with Crippen molar-refractivity contribution in [3.05, 3.63) is 35.4 Å². The number of hydrogen-bond donors (Lipinski definition) is 1. The van der Waals surface area contributed by atoms with Gasteiger partial charge in [0, 0.05) is 11.1 Å². The van der Waals surface area contributed by atoms with Crippen LogP contribution in [-0.4, -0.2) is 31.1 Å². The molecule has 1 rings (SSSR count). The zero-order valence-corrected chi connectivity index (χ0v) is 12.4. The van der Waals surface area contributed by atoms with E-state index < -0.39 is 5.82 Å². The molecule has 0 saturated heterocycles. The lowest BCUT2D eigenvalue weighted by Crippen LogP contribution is -2.49. The van der Waals surface area contributed by atoms with E-state index in [4.69, 9.17) is 0 Å². The summed E-state index contributed by atoms with van der Waals surface area (Å²) < 4.78 is 27.4. The van der Waals surface area contributed by atoms with Crippen molar-refractivity contribution in [3.8, 4) is 0 Å². The normalized spacial score (nSPS) is 13.9. The fraction of sp³-hybridized carbons (Fsp3) is 0.600. The van der Waals surface area contributed by atoms with Gasteiger partial charge < -0.3 is 10.2 Å². The second-order valence-electron chi connectivity index (χ2n) is 5.60. The Balaban J connectivity index is 3.19. The van der Waals surface area contributed by atoms with Gasteiger partial charge in [0.05, 0.1) is 6.04 Å². The summed E-state index contributed by atoms with van der Waals surface area (Å²) in [5.74, 6) is -0.779. The van der Waals surface area contributed by atoms with Gasteiger partial charge in [-0.05, 0) is 59.1 Å². The molecule has 0 heterocycles. The summed E-state index contributed by atoms with van der Waals surface area (Å²) in [7, 11) is 3.88. The highest BCUT2D eigenvalue weighted by Crippen LogP contribution is 2.31. The van der Waals surface area contributed by atoms with Gasteiger partial charge in [-0.1, -0.05) is 6.92 Å². The van der Waals surface area contributed by atoms with Crippen LogP contribution in [0.25, 0.3) is 0 Å². The number of halogens is 2. The summed E-state index contributed by atoms with van der Waals surface area (Å²) in [6, 6.07) is 3.36. The predicted octanol–water partition coefficient (Wildman–Crippen LogP) is 3.35. The van der Waals surface area contributed by atoms with E-state index in [1.807, 2.05) is 32.8 Å². The van der Waals surface area contributed by atoms with Crippen LogP contribution in [-0.2, 0) is 0 Å². The monoisotopic (exact) mass is 270 g/mol. The second-order valence-corrected chi connectivity index (χ2v) is 5.60. The van der Waals surface area contributed by atoms with Crippen LogP contribution in [0.5, 0.6) is 0 Å². The fourth-order valence-electron chi connectivity index (χ4n) is 2.02. The highest BCUT2D eigenvalue weighted by molar-refractivity contribution is 5.25. The van der Waals surface area contributed by atoms with E-state index in [9.17, 15) is 8.78 Å². The van der Waals surface area contributed by atoms with Gasteiger partial charge >= 0.3 is 0 Å². The highest BCUT2D eigenvalue weighted by Gasteiger charge is 2.34. The topological polar surface area (TPSA) is 15.3 Å². The molecule has 0 aliphatic rings. The van der Waals surface area contributed by atoms with Crippen molar-refractivity contribution in [2.24, 2.45) is 0 Å². The van der Waals surface area contributed by atoms with Gasteiger partial charge in [-0.2, -0.15) is 0 Å². The molecular weight excluding hydrogens is 246 g/mol. The van der Waals surface area contributed by atoms with Crippen LogP contribution in [0.1, 0.15) is 38.8 Å². The Morgan fingerprint density at radius 2 is 1.89 bits per heavy atom. The first-order valence-electron chi connectivity index (χ1n) is 6.66. The minimum Gasteiger partial charge on any atom is -0.308 e. The second kappa shape index (κ2) is 6.44. The molecule has 1 aromatic carbocycles. The Labute approximate surface area is 114 Å². The highest BCUT2D eigenvalue weighted by atomic mass is 19.1. The first-order chi connectivity index (χ1) is 8.80. The van der Waals surface area contributed by atoms with Crippen LogP contribution in [0.3, 0.4) is 0 Å². The fourth-order valence-corrected chi connectivity index (χ4v) is 2.02. The van der Waals surface area contributed by atoms with Crippen molar-refractivity contribution < 1.29 is 8.78 Å². The molecule has 1 N–H and O–H groups in total. The molecule has 0 saturated carbocycles. The zero-order valence-electron chi connectivity index (χ0n) is 12.4. The third-order valence-electron chi connectivity index (χ3n) is 3.73. The maximum Gasteiger partial charge on any atom is 0.128 e. The number of hydrogen-bond acceptors (Lipinski definition) is 2. The van der Waals surface area contributed by atoms with Gasteiger partial charge in [-0.15, -0.1) is 0 Å². The summed E-state index contributed by atoms with van der Waals surface area (Å²) in [6.07, 6.45) is 0.941. The largest absolute Gasteiger partial charge is 0.308 e. The van der Waals surface area contributed by atoms with Crippen molar-refractivity contribution in [2.45, 2.75) is 38.8 Å². The molecule has 1 unspecified atom stereocenters. The van der Waals surface area contributed by atoms with Crippen molar-refractivity contribution >= 4 is 0 Å². The summed E-state index contributed by atoms with van der Waals surface area (Å²) in [6.45, 7) is 6.85. The molecule has 0 aromatic heterocycles. The lowest BCUT2D eigenvalue weighted by Gasteiger charge is -2.41. The number of rotatable bonds is 6. The van der Waals surface area contributed by atoms with Gasteiger partial charge in [0.25, 0.3) is 0 Å². The first-order valence-corrected chi connectivity index (χ1v) is 6.66. The lowest BCUT2D eigenvalue weighted by molar-refractivity contribution is 0.135. The first kappa shape index (κ1) is 16.1. The van der Waals surface area contributed by atoms with E-state index in [1.54, 1.807) is 0 Å². The van der Waals surface area contributed by atoms with Gasteiger partial charge in [0.1, 0.15) is 11.6 Å². The minimum atomic E-state index is -0.408. The third kappa shape index (κ3) is 3.74. The minimum absolute atomic E-state index is 0.266. The van der Waals surface area contributed by atoms with E-state index in [1.165, 1.54) is 12.1 Å². The quantitative estimate of drug-likeness (QED) is 0.853. The van der Waals surface area contributed by atoms with E-state index in [0.717, 1.165) is 19.0 Å². The van der Waals surface area contributed by atoms with Crippen LogP contribution in [0, 0.1) is 11.6 Å². The molecule has 19 heavy (non-hydrogen) atoms. The van der Waals surface area contributed by atoms with E-state index in [0.29, 0.717) is 5.56 Å². The number of benzene rings is 1. The van der Waals surface area contributed by atoms with Crippen molar-refractivity contribution in [1.82, 2.24) is 10.2 Å². The van der Waals surface area contributed by atoms with E-state index in [-0.39, 0.29) is 17.4 Å². The molecule has 0 aliphatic heterocycles. The molecule has 4 heteroatoms. The molecule has 0 bridgehead atoms. The van der Waals surface area contributed by atoms with E-state index >= 15 is 0 Å². The van der Waals surface area contributed by atoms with E-state index in [2.05, 4.69) is 12.2 Å². The number of likely N-dealkylation sites (N-methyl/N-ethyl adjacent to an activating group) is 1. The maximum atomic E-state index is 14.0. The van der Waals surface area contributed by atoms with Gasteiger partial charge in [0.15, 0.2) is 0 Å². The average Bonchev–Trinajstić information content (AvgIpc) is 2.33. The molecule has 0 aliphatic carbocycles. The standard InChI is InChI=1S/C15H24F2N2/c1-6-9-18-14(15(2,3)19(4)5)12-10-11(16)7-8-13(12)17/h7-8,10,14,18H,6,9H2,1-5H3. The van der Waals surface area contributed by atoms with Crippen molar-refractivity contribution in [1.29, 1.82) is 0 Å². The molecule has 1 atom stereocenters. The molecule has 0 spiro atoms. The molecule has 108 valence electrons. The molecule has 1 aromatic rings. The van der Waals surface area contributed by atoms with Crippen LogP contribution in [0.2, 0.25) is 0 Å². The summed E-state index contributed by atoms with van der Waals surface area (Å²) in [4.78, 5) is 2.02. The van der Waals surface area contributed by atoms with Crippen LogP contribution in [0.15, 0.2) is 18.2 Å². The number of nitrogens with one attached hydrogen (secondary N) is 1. The SMILES string of the molecule is CCCNC(c1cc(F)ccc1F)C(C)(C)N(C)C. The Morgan fingerprint density at radius 3 is 2.42 bits per heavy atom.